The number of rotatable bonds is 5. The maximum absolute atomic E-state index is 12.5. The molecule has 9 nitrogen and oxygen atoms in total. The number of hydrogen-bond acceptors (Lipinski definition) is 6. The quantitative estimate of drug-likeness (QED) is 0.586. The summed E-state index contributed by atoms with van der Waals surface area (Å²) in [6, 6.07) is 9.98. The van der Waals surface area contributed by atoms with Crippen LogP contribution in [0.2, 0.25) is 0 Å². The summed E-state index contributed by atoms with van der Waals surface area (Å²) in [7, 11) is 0. The molecule has 9 heteroatoms. The van der Waals surface area contributed by atoms with Gasteiger partial charge in [0.15, 0.2) is 0 Å². The molecule has 0 spiro atoms. The van der Waals surface area contributed by atoms with Crippen molar-refractivity contribution in [2.75, 3.05) is 31.1 Å². The van der Waals surface area contributed by atoms with Gasteiger partial charge in [0.1, 0.15) is 11.8 Å². The Morgan fingerprint density at radius 2 is 2.07 bits per heavy atom. The van der Waals surface area contributed by atoms with E-state index in [-0.39, 0.29) is 17.7 Å². The van der Waals surface area contributed by atoms with Gasteiger partial charge in [0, 0.05) is 36.7 Å². The van der Waals surface area contributed by atoms with Crippen molar-refractivity contribution in [3.05, 3.63) is 46.6 Å². The number of ether oxygens (including phenoxy) is 1. The molecule has 1 amide bonds. The maximum atomic E-state index is 12.5. The first-order valence-electron chi connectivity index (χ1n) is 8.92. The molecule has 142 valence electrons. The Morgan fingerprint density at radius 1 is 1.30 bits per heavy atom. The number of para-hydroxylation sites is 1. The topological polar surface area (TPSA) is 93.7 Å². The van der Waals surface area contributed by atoms with Crippen molar-refractivity contribution in [1.29, 1.82) is 0 Å². The third-order valence-electron chi connectivity index (χ3n) is 5.08. The standard InChI is InChI=1S/C18H21N5O4/c1-18(13-21-11-15(23(25)26)19-17(21)27-18)7-8-20-9-10-22(16(24)12-20)14-5-3-2-4-6-14/h2-6,11H,7-10,12-13H2,1H3. The third-order valence-corrected chi connectivity index (χ3v) is 5.08. The first kappa shape index (κ1) is 17.5. The second kappa shape index (κ2) is 6.66. The fourth-order valence-electron chi connectivity index (χ4n) is 3.60. The van der Waals surface area contributed by atoms with E-state index in [1.807, 2.05) is 42.2 Å². The van der Waals surface area contributed by atoms with Gasteiger partial charge in [-0.15, -0.1) is 0 Å². The molecular formula is C18H21N5O4. The minimum Gasteiger partial charge on any atom is -0.438 e. The monoisotopic (exact) mass is 371 g/mol. The number of piperazine rings is 1. The number of benzene rings is 1. The van der Waals surface area contributed by atoms with E-state index in [1.54, 1.807) is 4.57 Å². The van der Waals surface area contributed by atoms with Crippen LogP contribution < -0.4 is 9.64 Å². The van der Waals surface area contributed by atoms with Crippen LogP contribution in [0.4, 0.5) is 11.5 Å². The number of carbonyl (C=O) groups excluding carboxylic acids is 1. The van der Waals surface area contributed by atoms with Crippen molar-refractivity contribution in [3.8, 4) is 6.01 Å². The van der Waals surface area contributed by atoms with Gasteiger partial charge in [0.25, 0.3) is 0 Å². The van der Waals surface area contributed by atoms with E-state index in [9.17, 15) is 14.9 Å². The molecule has 3 heterocycles. The van der Waals surface area contributed by atoms with E-state index in [4.69, 9.17) is 4.74 Å². The van der Waals surface area contributed by atoms with E-state index >= 15 is 0 Å². The van der Waals surface area contributed by atoms with Gasteiger partial charge in [-0.05, 0) is 24.0 Å². The number of nitrogens with zero attached hydrogens (tertiary/aromatic N) is 5. The predicted molar refractivity (Wildman–Crippen MR) is 97.8 cm³/mol. The molecule has 4 rings (SSSR count). The van der Waals surface area contributed by atoms with Gasteiger partial charge in [-0.25, -0.2) is 0 Å². The summed E-state index contributed by atoms with van der Waals surface area (Å²) in [6.45, 7) is 5.04. The van der Waals surface area contributed by atoms with Gasteiger partial charge in [0.2, 0.25) is 5.91 Å². The van der Waals surface area contributed by atoms with Gasteiger partial charge in [0.05, 0.1) is 13.1 Å². The van der Waals surface area contributed by atoms with Gasteiger partial charge in [-0.3, -0.25) is 14.3 Å². The van der Waals surface area contributed by atoms with Crippen molar-refractivity contribution in [1.82, 2.24) is 14.5 Å². The van der Waals surface area contributed by atoms with E-state index in [0.717, 1.165) is 18.8 Å². The lowest BCUT2D eigenvalue weighted by Crippen LogP contribution is -2.51. The second-order valence-electron chi connectivity index (χ2n) is 7.23. The Morgan fingerprint density at radius 3 is 2.74 bits per heavy atom. The number of carbonyl (C=O) groups is 1. The Kier molecular flexibility index (Phi) is 4.31. The minimum absolute atomic E-state index is 0.0912. The number of imidazole rings is 1. The van der Waals surface area contributed by atoms with Crippen LogP contribution >= 0.6 is 0 Å². The summed E-state index contributed by atoms with van der Waals surface area (Å²) < 4.78 is 7.54. The van der Waals surface area contributed by atoms with Crippen LogP contribution in [0.3, 0.4) is 0 Å². The molecule has 0 bridgehead atoms. The van der Waals surface area contributed by atoms with Crippen LogP contribution in [0, 0.1) is 10.1 Å². The summed E-state index contributed by atoms with van der Waals surface area (Å²) >= 11 is 0. The van der Waals surface area contributed by atoms with E-state index in [1.165, 1.54) is 6.20 Å². The summed E-state index contributed by atoms with van der Waals surface area (Å²) in [4.78, 5) is 30.6. The summed E-state index contributed by atoms with van der Waals surface area (Å²) in [6.07, 6.45) is 2.12. The van der Waals surface area contributed by atoms with Crippen LogP contribution in [-0.4, -0.2) is 57.1 Å². The highest BCUT2D eigenvalue weighted by molar-refractivity contribution is 5.95. The molecule has 1 fully saturated rings. The lowest BCUT2D eigenvalue weighted by atomic mass is 10.0. The first-order valence-corrected chi connectivity index (χ1v) is 8.92. The van der Waals surface area contributed by atoms with Gasteiger partial charge in [-0.1, -0.05) is 18.2 Å². The van der Waals surface area contributed by atoms with Crippen LogP contribution in [0.25, 0.3) is 0 Å². The molecule has 1 unspecified atom stereocenters. The molecule has 0 aliphatic carbocycles. The highest BCUT2D eigenvalue weighted by Crippen LogP contribution is 2.33. The molecule has 1 atom stereocenters. The Bertz CT molecular complexity index is 842. The lowest BCUT2D eigenvalue weighted by molar-refractivity contribution is -0.389. The summed E-state index contributed by atoms with van der Waals surface area (Å²) in [5, 5.41) is 10.8. The van der Waals surface area contributed by atoms with Crippen molar-refractivity contribution in [3.63, 3.8) is 0 Å². The zero-order valence-corrected chi connectivity index (χ0v) is 15.1. The lowest BCUT2D eigenvalue weighted by Gasteiger charge is -2.35. The number of anilines is 1. The van der Waals surface area contributed by atoms with E-state index in [0.29, 0.717) is 26.1 Å². The average molecular weight is 371 g/mol. The van der Waals surface area contributed by atoms with Crippen LogP contribution in [0.5, 0.6) is 6.01 Å². The van der Waals surface area contributed by atoms with Crippen LogP contribution in [-0.2, 0) is 11.3 Å². The van der Waals surface area contributed by atoms with Crippen molar-refractivity contribution in [2.24, 2.45) is 0 Å². The molecule has 2 aliphatic heterocycles. The SMILES string of the molecule is CC1(CCN2CCN(c3ccccc3)C(=O)C2)Cn2cc([N+](=O)[O-])nc2O1. The molecule has 0 N–H and O–H groups in total. The predicted octanol–water partition coefficient (Wildman–Crippen LogP) is 1.68. The number of amides is 1. The fourth-order valence-corrected chi connectivity index (χ4v) is 3.60. The Hall–Kier alpha value is -2.94. The zero-order valence-electron chi connectivity index (χ0n) is 15.1. The van der Waals surface area contributed by atoms with Crippen molar-refractivity contribution >= 4 is 17.4 Å². The second-order valence-corrected chi connectivity index (χ2v) is 7.23. The maximum Gasteiger partial charge on any atom is 0.414 e. The van der Waals surface area contributed by atoms with Crippen LogP contribution in [0.1, 0.15) is 13.3 Å². The Balaban J connectivity index is 1.32. The Labute approximate surface area is 156 Å². The average Bonchev–Trinajstić information content (AvgIpc) is 3.16. The molecule has 2 aromatic rings. The molecule has 1 saturated heterocycles. The molecule has 0 radical (unpaired) electrons. The first-order chi connectivity index (χ1) is 12.9. The van der Waals surface area contributed by atoms with E-state index < -0.39 is 10.5 Å². The molecule has 1 aromatic heterocycles. The smallest absolute Gasteiger partial charge is 0.414 e. The van der Waals surface area contributed by atoms with Gasteiger partial charge >= 0.3 is 11.8 Å². The highest BCUT2D eigenvalue weighted by atomic mass is 16.6. The minimum atomic E-state index is -0.524. The summed E-state index contributed by atoms with van der Waals surface area (Å²) in [5.41, 5.74) is 0.456. The summed E-state index contributed by atoms with van der Waals surface area (Å²) in [5.74, 6) is -0.108. The van der Waals surface area contributed by atoms with E-state index in [2.05, 4.69) is 9.88 Å². The fraction of sp³-hybridized carbons (Fsp3) is 0.444. The third kappa shape index (κ3) is 3.50. The normalized spacial score (nSPS) is 22.6. The number of nitro groups is 1. The zero-order chi connectivity index (χ0) is 19.0. The largest absolute Gasteiger partial charge is 0.438 e. The molecule has 1 aromatic carbocycles. The van der Waals surface area contributed by atoms with Crippen molar-refractivity contribution < 1.29 is 14.5 Å². The number of hydrogen-bond donors (Lipinski definition) is 0. The van der Waals surface area contributed by atoms with Gasteiger partial charge in [-0.2, -0.15) is 0 Å². The molecular weight excluding hydrogens is 350 g/mol. The molecule has 27 heavy (non-hydrogen) atoms. The molecule has 0 saturated carbocycles. The van der Waals surface area contributed by atoms with Crippen molar-refractivity contribution in [2.45, 2.75) is 25.5 Å². The van der Waals surface area contributed by atoms with Crippen LogP contribution in [0.15, 0.2) is 36.5 Å². The van der Waals surface area contributed by atoms with Gasteiger partial charge < -0.3 is 19.8 Å². The number of aromatic nitrogens is 2. The number of fused-ring (bicyclic) bond motifs is 1. The highest BCUT2D eigenvalue weighted by Gasteiger charge is 2.40. The molecule has 2 aliphatic rings.